The van der Waals surface area contributed by atoms with Gasteiger partial charge in [-0.1, -0.05) is 23.7 Å². The number of phenols is 1. The average molecular weight is 215 g/mol. The lowest BCUT2D eigenvalue weighted by molar-refractivity contribution is 0.318. The first-order chi connectivity index (χ1) is 6.60. The van der Waals surface area contributed by atoms with Crippen molar-refractivity contribution in [3.63, 3.8) is 0 Å². The van der Waals surface area contributed by atoms with Crippen molar-refractivity contribution in [2.45, 2.75) is 13.3 Å². The van der Waals surface area contributed by atoms with Crippen LogP contribution in [0.1, 0.15) is 18.1 Å². The van der Waals surface area contributed by atoms with Crippen molar-refractivity contribution in [2.75, 3.05) is 0 Å². The van der Waals surface area contributed by atoms with E-state index in [-0.39, 0.29) is 22.2 Å². The van der Waals surface area contributed by atoms with Crippen LogP contribution >= 0.6 is 11.6 Å². The van der Waals surface area contributed by atoms with Gasteiger partial charge in [-0.2, -0.15) is 0 Å². The zero-order valence-corrected chi connectivity index (χ0v) is 8.41. The van der Waals surface area contributed by atoms with Gasteiger partial charge in [0.25, 0.3) is 0 Å². The molecule has 0 saturated heterocycles. The second-order valence-corrected chi connectivity index (χ2v) is 3.22. The molecule has 1 aromatic rings. The van der Waals surface area contributed by atoms with Crippen molar-refractivity contribution < 1.29 is 10.3 Å². The lowest BCUT2D eigenvalue weighted by Gasteiger charge is -2.07. The van der Waals surface area contributed by atoms with Gasteiger partial charge < -0.3 is 16.0 Å². The minimum Gasteiger partial charge on any atom is -0.506 e. The topological polar surface area (TPSA) is 78.8 Å². The second kappa shape index (κ2) is 4.19. The zero-order valence-electron chi connectivity index (χ0n) is 7.66. The number of phenolic OH excluding ortho intramolecular Hbond substituents is 1. The number of aryl methyl sites for hydroxylation is 1. The van der Waals surface area contributed by atoms with Crippen LogP contribution in [0.2, 0.25) is 5.02 Å². The Bertz CT molecular complexity index is 377. The van der Waals surface area contributed by atoms with Crippen LogP contribution in [-0.2, 0) is 6.42 Å². The van der Waals surface area contributed by atoms with Gasteiger partial charge in [0, 0.05) is 0 Å². The van der Waals surface area contributed by atoms with Gasteiger partial charge in [-0.05, 0) is 24.1 Å². The highest BCUT2D eigenvalue weighted by Crippen LogP contribution is 2.29. The first-order valence-electron chi connectivity index (χ1n) is 4.09. The molecule has 0 amide bonds. The van der Waals surface area contributed by atoms with Gasteiger partial charge >= 0.3 is 0 Å². The van der Waals surface area contributed by atoms with E-state index >= 15 is 0 Å². The first kappa shape index (κ1) is 10.7. The third-order valence-electron chi connectivity index (χ3n) is 1.92. The smallest absolute Gasteiger partial charge is 0.173 e. The van der Waals surface area contributed by atoms with Gasteiger partial charge in [0.05, 0.1) is 10.6 Å². The third kappa shape index (κ3) is 1.90. The third-order valence-corrected chi connectivity index (χ3v) is 2.20. The molecule has 0 aliphatic rings. The SMILES string of the molecule is CCc1cc(Cl)c(O)c(/C(N)=N\O)c1. The Balaban J connectivity index is 3.34. The molecule has 0 fully saturated rings. The maximum atomic E-state index is 9.52. The van der Waals surface area contributed by atoms with Gasteiger partial charge in [-0.3, -0.25) is 0 Å². The van der Waals surface area contributed by atoms with Crippen LogP contribution in [0.4, 0.5) is 0 Å². The summed E-state index contributed by atoms with van der Waals surface area (Å²) in [5, 5.41) is 21.0. The van der Waals surface area contributed by atoms with E-state index in [1.165, 1.54) is 0 Å². The highest BCUT2D eigenvalue weighted by atomic mass is 35.5. The lowest BCUT2D eigenvalue weighted by atomic mass is 10.1. The largest absolute Gasteiger partial charge is 0.506 e. The summed E-state index contributed by atoms with van der Waals surface area (Å²) in [6, 6.07) is 3.28. The molecule has 0 unspecified atom stereocenters. The molecule has 0 spiro atoms. The van der Waals surface area contributed by atoms with E-state index in [4.69, 9.17) is 22.5 Å². The van der Waals surface area contributed by atoms with Crippen LogP contribution in [0, 0.1) is 0 Å². The monoisotopic (exact) mass is 214 g/mol. The number of oxime groups is 1. The van der Waals surface area contributed by atoms with Gasteiger partial charge in [0.15, 0.2) is 5.84 Å². The summed E-state index contributed by atoms with van der Waals surface area (Å²) in [7, 11) is 0. The van der Waals surface area contributed by atoms with E-state index in [1.54, 1.807) is 12.1 Å². The molecule has 0 atom stereocenters. The number of benzene rings is 1. The number of hydrogen-bond acceptors (Lipinski definition) is 3. The number of aromatic hydroxyl groups is 1. The molecule has 4 nitrogen and oxygen atoms in total. The molecular formula is C9H11ClN2O2. The lowest BCUT2D eigenvalue weighted by Crippen LogP contribution is -2.13. The molecule has 0 radical (unpaired) electrons. The summed E-state index contributed by atoms with van der Waals surface area (Å²) in [4.78, 5) is 0. The second-order valence-electron chi connectivity index (χ2n) is 2.81. The van der Waals surface area contributed by atoms with Crippen molar-refractivity contribution in [3.8, 4) is 5.75 Å². The molecule has 0 heterocycles. The first-order valence-corrected chi connectivity index (χ1v) is 4.47. The van der Waals surface area contributed by atoms with Gasteiger partial charge in [-0.25, -0.2) is 0 Å². The fourth-order valence-electron chi connectivity index (χ4n) is 1.11. The van der Waals surface area contributed by atoms with E-state index in [0.717, 1.165) is 12.0 Å². The summed E-state index contributed by atoms with van der Waals surface area (Å²) >= 11 is 5.76. The van der Waals surface area contributed by atoms with Crippen LogP contribution in [0.5, 0.6) is 5.75 Å². The summed E-state index contributed by atoms with van der Waals surface area (Å²) < 4.78 is 0. The molecule has 0 aromatic heterocycles. The summed E-state index contributed by atoms with van der Waals surface area (Å²) in [6.07, 6.45) is 0.756. The zero-order chi connectivity index (χ0) is 10.7. The number of rotatable bonds is 2. The predicted molar refractivity (Wildman–Crippen MR) is 55.0 cm³/mol. The van der Waals surface area contributed by atoms with Gasteiger partial charge in [0.2, 0.25) is 0 Å². The number of nitrogens with zero attached hydrogens (tertiary/aromatic N) is 1. The van der Waals surface area contributed by atoms with Crippen LogP contribution in [0.25, 0.3) is 0 Å². The molecular weight excluding hydrogens is 204 g/mol. The average Bonchev–Trinajstić information content (AvgIpc) is 2.20. The molecule has 0 aliphatic heterocycles. The minimum absolute atomic E-state index is 0.153. The van der Waals surface area contributed by atoms with E-state index in [0.29, 0.717) is 0 Å². The predicted octanol–water partition coefficient (Wildman–Crippen LogP) is 1.70. The van der Waals surface area contributed by atoms with E-state index in [1.807, 2.05) is 6.92 Å². The number of halogens is 1. The highest BCUT2D eigenvalue weighted by Gasteiger charge is 2.11. The summed E-state index contributed by atoms with van der Waals surface area (Å²) in [5.41, 5.74) is 6.53. The van der Waals surface area contributed by atoms with E-state index in [9.17, 15) is 5.11 Å². The Morgan fingerprint density at radius 1 is 1.57 bits per heavy atom. The molecule has 4 N–H and O–H groups in total. The molecule has 5 heteroatoms. The minimum atomic E-state index is -0.167. The van der Waals surface area contributed by atoms with Gasteiger partial charge in [0.1, 0.15) is 5.75 Å². The van der Waals surface area contributed by atoms with Crippen LogP contribution in [0.15, 0.2) is 17.3 Å². The van der Waals surface area contributed by atoms with Crippen LogP contribution in [0.3, 0.4) is 0 Å². The Morgan fingerprint density at radius 2 is 2.21 bits per heavy atom. The van der Waals surface area contributed by atoms with Crippen LogP contribution in [-0.4, -0.2) is 16.1 Å². The Morgan fingerprint density at radius 3 is 2.71 bits per heavy atom. The normalized spacial score (nSPS) is 11.7. The van der Waals surface area contributed by atoms with Crippen molar-refractivity contribution >= 4 is 17.4 Å². The van der Waals surface area contributed by atoms with Gasteiger partial charge in [-0.15, -0.1) is 0 Å². The van der Waals surface area contributed by atoms with Crippen molar-refractivity contribution in [1.29, 1.82) is 0 Å². The van der Waals surface area contributed by atoms with Crippen molar-refractivity contribution in [3.05, 3.63) is 28.3 Å². The number of nitrogens with two attached hydrogens (primary N) is 1. The van der Waals surface area contributed by atoms with Crippen molar-refractivity contribution in [2.24, 2.45) is 10.9 Å². The fraction of sp³-hybridized carbons (Fsp3) is 0.222. The molecule has 14 heavy (non-hydrogen) atoms. The van der Waals surface area contributed by atoms with E-state index in [2.05, 4.69) is 5.16 Å². The van der Waals surface area contributed by atoms with Crippen molar-refractivity contribution in [1.82, 2.24) is 0 Å². The summed E-state index contributed by atoms with van der Waals surface area (Å²) in [6.45, 7) is 1.94. The Kier molecular flexibility index (Phi) is 3.19. The maximum absolute atomic E-state index is 9.52. The standard InChI is InChI=1S/C9H11ClN2O2/c1-2-5-3-6(9(11)12-14)8(13)7(10)4-5/h3-4,13-14H,2H2,1H3,(H2,11,12). The maximum Gasteiger partial charge on any atom is 0.173 e. The highest BCUT2D eigenvalue weighted by molar-refractivity contribution is 6.32. The molecule has 0 saturated carbocycles. The van der Waals surface area contributed by atoms with E-state index < -0.39 is 0 Å². The molecule has 0 aliphatic carbocycles. The quantitative estimate of drug-likeness (QED) is 0.304. The number of amidine groups is 1. The molecule has 0 bridgehead atoms. The Hall–Kier alpha value is -1.42. The Labute approximate surface area is 86.6 Å². The molecule has 76 valence electrons. The summed E-state index contributed by atoms with van der Waals surface area (Å²) in [5.74, 6) is -0.320. The fourth-order valence-corrected chi connectivity index (χ4v) is 1.35. The molecule has 1 rings (SSSR count). The number of hydrogen-bond donors (Lipinski definition) is 3. The van der Waals surface area contributed by atoms with Crippen LogP contribution < -0.4 is 5.73 Å². The molecule has 1 aromatic carbocycles.